The summed E-state index contributed by atoms with van der Waals surface area (Å²) in [5.74, 6) is 0.996. The van der Waals surface area contributed by atoms with Gasteiger partial charge >= 0.3 is 0 Å². The lowest BCUT2D eigenvalue weighted by molar-refractivity contribution is -0.0767. The number of morpholine rings is 1. The summed E-state index contributed by atoms with van der Waals surface area (Å²) >= 11 is 6.02. The predicted molar refractivity (Wildman–Crippen MR) is 113 cm³/mol. The molecule has 1 aromatic heterocycles. The molecule has 5 nitrogen and oxygen atoms in total. The largest absolute Gasteiger partial charge is 0.376 e. The van der Waals surface area contributed by atoms with Gasteiger partial charge in [0.15, 0.2) is 0 Å². The first-order valence-electron chi connectivity index (χ1n) is 10.3. The zero-order valence-electron chi connectivity index (χ0n) is 16.5. The van der Waals surface area contributed by atoms with Crippen LogP contribution < -0.4 is 4.90 Å². The van der Waals surface area contributed by atoms with Crippen molar-refractivity contribution in [2.45, 2.75) is 50.8 Å². The molecule has 2 atom stereocenters. The highest BCUT2D eigenvalue weighted by atomic mass is 35.5. The molecule has 0 aliphatic carbocycles. The number of piperidine rings is 1. The number of nitrogens with zero attached hydrogens (tertiary/aromatic N) is 4. The number of halogens is 1. The highest BCUT2D eigenvalue weighted by Gasteiger charge is 2.34. The maximum Gasteiger partial charge on any atom is 0.147 e. The standard InChI is InChI=1S/C22H29ClN4O/c1-17-15-27(20-8-12-26(13-9-20)22-14-24-10-11-25-22)21(16-28-17)7-4-18-2-5-19(23)6-3-18/h2-3,5-6,10-11,14,17,20-21H,4,7-9,12-13,15-16H2,1H3/t17-,21-/m0/s1. The van der Waals surface area contributed by atoms with E-state index in [2.05, 4.69) is 38.8 Å². The van der Waals surface area contributed by atoms with Crippen molar-refractivity contribution in [1.82, 2.24) is 14.9 Å². The van der Waals surface area contributed by atoms with Crippen LogP contribution in [0.1, 0.15) is 31.7 Å². The number of benzene rings is 1. The summed E-state index contributed by atoms with van der Waals surface area (Å²) in [6, 6.07) is 9.35. The van der Waals surface area contributed by atoms with Crippen molar-refractivity contribution in [3.8, 4) is 0 Å². The van der Waals surface area contributed by atoms with Gasteiger partial charge in [-0.05, 0) is 50.3 Å². The van der Waals surface area contributed by atoms with Crippen molar-refractivity contribution in [1.29, 1.82) is 0 Å². The monoisotopic (exact) mass is 400 g/mol. The van der Waals surface area contributed by atoms with Crippen molar-refractivity contribution < 1.29 is 4.74 Å². The second-order valence-corrected chi connectivity index (χ2v) is 8.38. The maximum absolute atomic E-state index is 6.02. The lowest BCUT2D eigenvalue weighted by Gasteiger charge is -2.46. The first-order valence-corrected chi connectivity index (χ1v) is 10.7. The van der Waals surface area contributed by atoms with Gasteiger partial charge in [0.2, 0.25) is 0 Å². The SMILES string of the molecule is C[C@H]1CN(C2CCN(c3cnccn3)CC2)[C@@H](CCc2ccc(Cl)cc2)CO1. The normalized spacial score (nSPS) is 24.4. The molecule has 4 rings (SSSR count). The molecule has 2 saturated heterocycles. The third-order valence-corrected chi connectivity index (χ3v) is 6.25. The molecular weight excluding hydrogens is 372 g/mol. The Bertz CT molecular complexity index is 734. The Labute approximate surface area is 172 Å². The van der Waals surface area contributed by atoms with E-state index in [4.69, 9.17) is 16.3 Å². The van der Waals surface area contributed by atoms with E-state index in [9.17, 15) is 0 Å². The lowest BCUT2D eigenvalue weighted by Crippen LogP contribution is -2.56. The minimum atomic E-state index is 0.310. The van der Waals surface area contributed by atoms with Crippen LogP contribution in [0.2, 0.25) is 5.02 Å². The summed E-state index contributed by atoms with van der Waals surface area (Å²) in [6.07, 6.45) is 10.2. The third-order valence-electron chi connectivity index (χ3n) is 6.00. The van der Waals surface area contributed by atoms with Gasteiger partial charge in [0.25, 0.3) is 0 Å². The van der Waals surface area contributed by atoms with E-state index in [1.165, 1.54) is 18.4 Å². The summed E-state index contributed by atoms with van der Waals surface area (Å²) in [5.41, 5.74) is 1.35. The summed E-state index contributed by atoms with van der Waals surface area (Å²) in [4.78, 5) is 13.7. The van der Waals surface area contributed by atoms with Crippen LogP contribution in [0.3, 0.4) is 0 Å². The molecule has 2 aliphatic rings. The van der Waals surface area contributed by atoms with Crippen molar-refractivity contribution >= 4 is 17.4 Å². The lowest BCUT2D eigenvalue weighted by atomic mass is 9.96. The molecule has 0 bridgehead atoms. The molecule has 6 heteroatoms. The number of aryl methyl sites for hydroxylation is 1. The summed E-state index contributed by atoms with van der Waals surface area (Å²) in [6.45, 7) is 6.13. The minimum Gasteiger partial charge on any atom is -0.376 e. The highest BCUT2D eigenvalue weighted by molar-refractivity contribution is 6.30. The van der Waals surface area contributed by atoms with Gasteiger partial charge in [-0.3, -0.25) is 9.88 Å². The Morgan fingerprint density at radius 2 is 1.93 bits per heavy atom. The molecule has 0 radical (unpaired) electrons. The number of anilines is 1. The molecule has 1 aromatic carbocycles. The van der Waals surface area contributed by atoms with E-state index in [1.54, 1.807) is 12.4 Å². The summed E-state index contributed by atoms with van der Waals surface area (Å²) < 4.78 is 6.02. The average Bonchev–Trinajstić information content (AvgIpc) is 2.75. The van der Waals surface area contributed by atoms with Crippen LogP contribution in [0, 0.1) is 0 Å². The summed E-state index contributed by atoms with van der Waals surface area (Å²) in [7, 11) is 0. The van der Waals surface area contributed by atoms with E-state index in [-0.39, 0.29) is 0 Å². The molecule has 0 saturated carbocycles. The first kappa shape index (κ1) is 19.6. The molecule has 150 valence electrons. The smallest absolute Gasteiger partial charge is 0.147 e. The first-order chi connectivity index (χ1) is 13.7. The van der Waals surface area contributed by atoms with Crippen LogP contribution in [0.25, 0.3) is 0 Å². The van der Waals surface area contributed by atoms with Gasteiger partial charge in [-0.15, -0.1) is 0 Å². The summed E-state index contributed by atoms with van der Waals surface area (Å²) in [5, 5.41) is 0.801. The molecule has 0 unspecified atom stereocenters. The van der Waals surface area contributed by atoms with Gasteiger partial charge in [0, 0.05) is 49.1 Å². The van der Waals surface area contributed by atoms with Crippen LogP contribution >= 0.6 is 11.6 Å². The second kappa shape index (κ2) is 9.21. The fourth-order valence-electron chi connectivity index (χ4n) is 4.43. The molecule has 2 fully saturated rings. The Morgan fingerprint density at radius 3 is 2.64 bits per heavy atom. The fourth-order valence-corrected chi connectivity index (χ4v) is 4.56. The average molecular weight is 401 g/mol. The Balaban J connectivity index is 1.36. The van der Waals surface area contributed by atoms with Gasteiger partial charge in [-0.2, -0.15) is 0 Å². The van der Waals surface area contributed by atoms with Crippen LogP contribution in [0.15, 0.2) is 42.9 Å². The molecule has 3 heterocycles. The molecule has 0 amide bonds. The molecule has 28 heavy (non-hydrogen) atoms. The molecule has 2 aliphatic heterocycles. The van der Waals surface area contributed by atoms with E-state index in [0.717, 1.165) is 49.9 Å². The number of aromatic nitrogens is 2. The second-order valence-electron chi connectivity index (χ2n) is 7.94. The van der Waals surface area contributed by atoms with Crippen molar-refractivity contribution in [3.63, 3.8) is 0 Å². The minimum absolute atomic E-state index is 0.310. The van der Waals surface area contributed by atoms with Crippen molar-refractivity contribution in [2.75, 3.05) is 31.1 Å². The fraction of sp³-hybridized carbons (Fsp3) is 0.545. The molecule has 0 spiro atoms. The van der Waals surface area contributed by atoms with Crippen molar-refractivity contribution in [3.05, 3.63) is 53.4 Å². The van der Waals surface area contributed by atoms with E-state index < -0.39 is 0 Å². The predicted octanol–water partition coefficient (Wildman–Crippen LogP) is 3.82. The Hall–Kier alpha value is -1.69. The Morgan fingerprint density at radius 1 is 1.14 bits per heavy atom. The van der Waals surface area contributed by atoms with Crippen molar-refractivity contribution in [2.24, 2.45) is 0 Å². The topological polar surface area (TPSA) is 41.5 Å². The van der Waals surface area contributed by atoms with Crippen LogP contribution in [0.4, 0.5) is 5.82 Å². The van der Waals surface area contributed by atoms with Gasteiger partial charge in [-0.1, -0.05) is 23.7 Å². The highest BCUT2D eigenvalue weighted by Crippen LogP contribution is 2.26. The quantitative estimate of drug-likeness (QED) is 0.763. The number of ether oxygens (including phenoxy) is 1. The van der Waals surface area contributed by atoms with Crippen LogP contribution in [-0.2, 0) is 11.2 Å². The number of rotatable bonds is 5. The molecular formula is C22H29ClN4O. The van der Waals surface area contributed by atoms with E-state index in [1.807, 2.05) is 18.3 Å². The Kier molecular flexibility index (Phi) is 6.45. The van der Waals surface area contributed by atoms with E-state index in [0.29, 0.717) is 18.2 Å². The van der Waals surface area contributed by atoms with Gasteiger partial charge < -0.3 is 9.64 Å². The maximum atomic E-state index is 6.02. The van der Waals surface area contributed by atoms with Gasteiger partial charge in [-0.25, -0.2) is 4.98 Å². The molecule has 0 N–H and O–H groups in total. The third kappa shape index (κ3) is 4.83. The van der Waals surface area contributed by atoms with Gasteiger partial charge in [0.05, 0.1) is 18.9 Å². The molecule has 2 aromatic rings. The van der Waals surface area contributed by atoms with Crippen LogP contribution in [-0.4, -0.2) is 59.3 Å². The number of hydrogen-bond donors (Lipinski definition) is 0. The zero-order chi connectivity index (χ0) is 19.3. The number of hydrogen-bond acceptors (Lipinski definition) is 5. The van der Waals surface area contributed by atoms with Gasteiger partial charge in [0.1, 0.15) is 5.82 Å². The van der Waals surface area contributed by atoms with Crippen LogP contribution in [0.5, 0.6) is 0 Å². The zero-order valence-corrected chi connectivity index (χ0v) is 17.3. The van der Waals surface area contributed by atoms with E-state index >= 15 is 0 Å².